The Bertz CT molecular complexity index is 237. The van der Waals surface area contributed by atoms with Gasteiger partial charge in [0.2, 0.25) is 0 Å². The maximum Gasteiger partial charge on any atom is 0.150 e. The first kappa shape index (κ1) is 10.0. The number of hydrogen-bond donors (Lipinski definition) is 1. The molecule has 0 radical (unpaired) electrons. The molecule has 1 aromatic rings. The predicted octanol–water partition coefficient (Wildman–Crippen LogP) is 2.31. The summed E-state index contributed by atoms with van der Waals surface area (Å²) in [5.74, 6) is 0. The smallest absolute Gasteiger partial charge is 0.150 e. The Morgan fingerprint density at radius 2 is 2.50 bits per heavy atom. The van der Waals surface area contributed by atoms with Gasteiger partial charge in [-0.2, -0.15) is 0 Å². The number of aliphatic hydroxyl groups is 1. The van der Waals surface area contributed by atoms with Crippen LogP contribution in [0, 0.1) is 6.92 Å². The summed E-state index contributed by atoms with van der Waals surface area (Å²) >= 11 is 3.41. The molecule has 1 heterocycles. The number of aryl methyl sites for hydroxylation is 1. The van der Waals surface area contributed by atoms with E-state index in [-0.39, 0.29) is 6.61 Å². The van der Waals surface area contributed by atoms with Crippen molar-refractivity contribution in [3.8, 4) is 0 Å². The second kappa shape index (κ2) is 4.84. The van der Waals surface area contributed by atoms with Gasteiger partial charge in [-0.3, -0.25) is 0 Å². The van der Waals surface area contributed by atoms with Crippen molar-refractivity contribution in [2.24, 2.45) is 0 Å². The maximum absolute atomic E-state index is 8.69. The van der Waals surface area contributed by atoms with Crippen LogP contribution < -0.4 is 0 Å². The standard InChI is InChI=1S/C8H13NOS2/c1-6-5-11-8(9-6)12-7(2)3-4-10/h5,7,10H,3-4H2,1-2H3. The molecule has 0 fully saturated rings. The summed E-state index contributed by atoms with van der Waals surface area (Å²) in [5.41, 5.74) is 1.08. The van der Waals surface area contributed by atoms with Gasteiger partial charge in [-0.25, -0.2) is 4.98 Å². The quantitative estimate of drug-likeness (QED) is 0.762. The van der Waals surface area contributed by atoms with Crippen LogP contribution in [0.5, 0.6) is 0 Å². The van der Waals surface area contributed by atoms with Crippen LogP contribution in [0.4, 0.5) is 0 Å². The van der Waals surface area contributed by atoms with Crippen molar-refractivity contribution < 1.29 is 5.11 Å². The summed E-state index contributed by atoms with van der Waals surface area (Å²) in [5, 5.41) is 11.2. The average Bonchev–Trinajstić information content (AvgIpc) is 2.36. The van der Waals surface area contributed by atoms with E-state index in [1.165, 1.54) is 0 Å². The van der Waals surface area contributed by atoms with Gasteiger partial charge in [0.25, 0.3) is 0 Å². The zero-order valence-electron chi connectivity index (χ0n) is 7.28. The molecule has 1 unspecified atom stereocenters. The number of rotatable bonds is 4. The van der Waals surface area contributed by atoms with Gasteiger partial charge in [0.15, 0.2) is 0 Å². The summed E-state index contributed by atoms with van der Waals surface area (Å²) in [7, 11) is 0. The van der Waals surface area contributed by atoms with Gasteiger partial charge in [0.05, 0.1) is 0 Å². The monoisotopic (exact) mass is 203 g/mol. The zero-order chi connectivity index (χ0) is 8.97. The lowest BCUT2D eigenvalue weighted by molar-refractivity contribution is 0.289. The van der Waals surface area contributed by atoms with E-state index < -0.39 is 0 Å². The van der Waals surface area contributed by atoms with Crippen LogP contribution in [0.25, 0.3) is 0 Å². The van der Waals surface area contributed by atoms with E-state index >= 15 is 0 Å². The first-order valence-electron chi connectivity index (χ1n) is 3.92. The fraction of sp³-hybridized carbons (Fsp3) is 0.625. The number of nitrogens with zero attached hydrogens (tertiary/aromatic N) is 1. The van der Waals surface area contributed by atoms with Gasteiger partial charge in [0, 0.05) is 22.9 Å². The van der Waals surface area contributed by atoms with Crippen molar-refractivity contribution in [1.82, 2.24) is 4.98 Å². The molecule has 0 aliphatic rings. The second-order valence-corrected chi connectivity index (χ2v) is 5.24. The molecule has 0 bridgehead atoms. The highest BCUT2D eigenvalue weighted by Crippen LogP contribution is 2.27. The third-order valence-corrected chi connectivity index (χ3v) is 3.70. The summed E-state index contributed by atoms with van der Waals surface area (Å²) in [6, 6.07) is 0. The van der Waals surface area contributed by atoms with Gasteiger partial charge >= 0.3 is 0 Å². The molecule has 0 saturated heterocycles. The molecule has 1 atom stereocenters. The molecule has 2 nitrogen and oxygen atoms in total. The topological polar surface area (TPSA) is 33.1 Å². The van der Waals surface area contributed by atoms with Crippen LogP contribution in [0.15, 0.2) is 9.72 Å². The summed E-state index contributed by atoms with van der Waals surface area (Å²) in [4.78, 5) is 4.33. The Labute approximate surface area is 81.0 Å². The molecule has 1 aromatic heterocycles. The van der Waals surface area contributed by atoms with Crippen LogP contribution in [0.1, 0.15) is 19.0 Å². The van der Waals surface area contributed by atoms with Crippen molar-refractivity contribution >= 4 is 23.1 Å². The molecule has 0 spiro atoms. The van der Waals surface area contributed by atoms with Gasteiger partial charge < -0.3 is 5.11 Å². The lowest BCUT2D eigenvalue weighted by Crippen LogP contribution is -1.98. The summed E-state index contributed by atoms with van der Waals surface area (Å²) in [6.07, 6.45) is 0.837. The highest BCUT2D eigenvalue weighted by Gasteiger charge is 2.05. The number of aromatic nitrogens is 1. The fourth-order valence-electron chi connectivity index (χ4n) is 0.799. The van der Waals surface area contributed by atoms with Crippen LogP contribution in [0.3, 0.4) is 0 Å². The van der Waals surface area contributed by atoms with Gasteiger partial charge in [-0.1, -0.05) is 18.7 Å². The molecular weight excluding hydrogens is 190 g/mol. The minimum atomic E-state index is 0.262. The molecule has 4 heteroatoms. The number of aliphatic hydroxyl groups excluding tert-OH is 1. The van der Waals surface area contributed by atoms with E-state index in [1.807, 2.05) is 12.3 Å². The van der Waals surface area contributed by atoms with Crippen LogP contribution in [0.2, 0.25) is 0 Å². The third-order valence-electron chi connectivity index (χ3n) is 1.44. The minimum Gasteiger partial charge on any atom is -0.396 e. The van der Waals surface area contributed by atoms with Gasteiger partial charge in [-0.05, 0) is 13.3 Å². The molecule has 0 amide bonds. The van der Waals surface area contributed by atoms with Crippen molar-refractivity contribution in [2.75, 3.05) is 6.61 Å². The van der Waals surface area contributed by atoms with Crippen LogP contribution in [-0.2, 0) is 0 Å². The highest BCUT2D eigenvalue weighted by molar-refractivity contribution is 8.01. The molecule has 0 aromatic carbocycles. The van der Waals surface area contributed by atoms with E-state index in [9.17, 15) is 0 Å². The lowest BCUT2D eigenvalue weighted by atomic mass is 10.4. The molecule has 0 aliphatic heterocycles. The first-order valence-corrected chi connectivity index (χ1v) is 5.68. The van der Waals surface area contributed by atoms with Crippen LogP contribution >= 0.6 is 23.1 Å². The van der Waals surface area contributed by atoms with E-state index in [1.54, 1.807) is 23.1 Å². The fourth-order valence-corrected chi connectivity index (χ4v) is 2.94. The SMILES string of the molecule is Cc1csc(SC(C)CCO)n1. The van der Waals surface area contributed by atoms with Crippen LogP contribution in [-0.4, -0.2) is 21.9 Å². The van der Waals surface area contributed by atoms with Crippen molar-refractivity contribution in [3.63, 3.8) is 0 Å². The average molecular weight is 203 g/mol. The highest BCUT2D eigenvalue weighted by atomic mass is 32.2. The first-order chi connectivity index (χ1) is 5.72. The molecule has 0 saturated carbocycles. The number of hydrogen-bond acceptors (Lipinski definition) is 4. The third kappa shape index (κ3) is 3.13. The predicted molar refractivity (Wildman–Crippen MR) is 53.9 cm³/mol. The number of thioether (sulfide) groups is 1. The summed E-state index contributed by atoms with van der Waals surface area (Å²) < 4.78 is 1.11. The zero-order valence-corrected chi connectivity index (χ0v) is 8.91. The molecule has 1 rings (SSSR count). The Kier molecular flexibility index (Phi) is 4.05. The molecule has 68 valence electrons. The largest absolute Gasteiger partial charge is 0.396 e. The molecular formula is C8H13NOS2. The van der Waals surface area contributed by atoms with Crippen molar-refractivity contribution in [2.45, 2.75) is 29.9 Å². The van der Waals surface area contributed by atoms with Gasteiger partial charge in [-0.15, -0.1) is 11.3 Å². The maximum atomic E-state index is 8.69. The Morgan fingerprint density at radius 3 is 3.00 bits per heavy atom. The van der Waals surface area contributed by atoms with Gasteiger partial charge in [0.1, 0.15) is 4.34 Å². The lowest BCUT2D eigenvalue weighted by Gasteiger charge is -2.05. The molecule has 12 heavy (non-hydrogen) atoms. The Balaban J connectivity index is 2.41. The Morgan fingerprint density at radius 1 is 1.75 bits per heavy atom. The van der Waals surface area contributed by atoms with E-state index in [0.717, 1.165) is 16.5 Å². The Hall–Kier alpha value is -0.0600. The van der Waals surface area contributed by atoms with Crippen molar-refractivity contribution in [3.05, 3.63) is 11.1 Å². The van der Waals surface area contributed by atoms with Crippen molar-refractivity contribution in [1.29, 1.82) is 0 Å². The molecule has 0 aliphatic carbocycles. The van der Waals surface area contributed by atoms with E-state index in [4.69, 9.17) is 5.11 Å². The van der Waals surface area contributed by atoms with E-state index in [0.29, 0.717) is 5.25 Å². The normalized spacial score (nSPS) is 13.2. The molecule has 1 N–H and O–H groups in total. The minimum absolute atomic E-state index is 0.262. The second-order valence-electron chi connectivity index (χ2n) is 2.70. The summed E-state index contributed by atoms with van der Waals surface area (Å²) in [6.45, 7) is 4.37. The number of thiazole rings is 1. The van der Waals surface area contributed by atoms with E-state index in [2.05, 4.69) is 11.9 Å².